The van der Waals surface area contributed by atoms with Gasteiger partial charge in [-0.1, -0.05) is 11.6 Å². The number of nitrogens with one attached hydrogen (secondary N) is 2. The molecule has 17 heavy (non-hydrogen) atoms. The van der Waals surface area contributed by atoms with E-state index in [1.165, 1.54) is 19.2 Å². The predicted octanol–water partition coefficient (Wildman–Crippen LogP) is 0.787. The molecule has 0 aliphatic rings. The third-order valence-electron chi connectivity index (χ3n) is 2.22. The van der Waals surface area contributed by atoms with Crippen LogP contribution in [-0.2, 0) is 4.79 Å². The highest BCUT2D eigenvalue weighted by molar-refractivity contribution is 6.34. The number of anilines is 1. The monoisotopic (exact) mass is 255 g/mol. The second-order valence-corrected chi connectivity index (χ2v) is 3.96. The summed E-state index contributed by atoms with van der Waals surface area (Å²) in [5, 5.41) is 5.25. The molecule has 1 aromatic carbocycles. The lowest BCUT2D eigenvalue weighted by molar-refractivity contribution is -0.122. The number of hydrogen-bond donors (Lipinski definition) is 3. The predicted molar refractivity (Wildman–Crippen MR) is 66.9 cm³/mol. The number of likely N-dealkylation sites (N-methyl/N-ethyl adjacent to an activating group) is 1. The number of carbonyl (C=O) groups is 2. The third kappa shape index (κ3) is 3.35. The summed E-state index contributed by atoms with van der Waals surface area (Å²) in [5.74, 6) is -0.711. The zero-order valence-electron chi connectivity index (χ0n) is 9.58. The van der Waals surface area contributed by atoms with E-state index in [0.29, 0.717) is 10.7 Å². The molecule has 0 aliphatic heterocycles. The van der Waals surface area contributed by atoms with Crippen molar-refractivity contribution >= 4 is 29.1 Å². The van der Waals surface area contributed by atoms with Crippen molar-refractivity contribution in [1.82, 2.24) is 10.6 Å². The average molecular weight is 256 g/mol. The van der Waals surface area contributed by atoms with E-state index in [9.17, 15) is 9.59 Å². The van der Waals surface area contributed by atoms with Gasteiger partial charge >= 0.3 is 0 Å². The van der Waals surface area contributed by atoms with E-state index in [2.05, 4.69) is 10.6 Å². The molecule has 1 atom stereocenters. The number of nitrogen functional groups attached to an aromatic ring is 1. The van der Waals surface area contributed by atoms with Crippen molar-refractivity contribution in [3.63, 3.8) is 0 Å². The lowest BCUT2D eigenvalue weighted by atomic mass is 10.1. The number of nitrogens with two attached hydrogens (primary N) is 1. The van der Waals surface area contributed by atoms with Crippen LogP contribution in [0.4, 0.5) is 5.69 Å². The number of benzene rings is 1. The Bertz CT molecular complexity index is 448. The van der Waals surface area contributed by atoms with Crippen LogP contribution in [0.3, 0.4) is 0 Å². The van der Waals surface area contributed by atoms with Gasteiger partial charge in [0.15, 0.2) is 0 Å². The number of carbonyl (C=O) groups excluding carboxylic acids is 2. The Kier molecular flexibility index (Phi) is 4.34. The topological polar surface area (TPSA) is 84.2 Å². The molecule has 0 saturated heterocycles. The van der Waals surface area contributed by atoms with Crippen molar-refractivity contribution in [2.75, 3.05) is 12.8 Å². The Morgan fingerprint density at radius 1 is 1.41 bits per heavy atom. The first-order valence-electron chi connectivity index (χ1n) is 5.03. The van der Waals surface area contributed by atoms with Crippen LogP contribution in [-0.4, -0.2) is 24.9 Å². The standard InChI is InChI=1S/C11H14ClN3O2/c1-6(10(16)14-2)15-11(17)8-5-7(13)3-4-9(8)12/h3-6H,13H2,1-2H3,(H,14,16)(H,15,17). The molecular formula is C11H14ClN3O2. The molecule has 92 valence electrons. The summed E-state index contributed by atoms with van der Waals surface area (Å²) < 4.78 is 0. The van der Waals surface area contributed by atoms with Crippen LogP contribution in [0, 0.1) is 0 Å². The normalized spacial score (nSPS) is 11.7. The van der Waals surface area contributed by atoms with E-state index in [0.717, 1.165) is 0 Å². The quantitative estimate of drug-likeness (QED) is 0.698. The van der Waals surface area contributed by atoms with E-state index in [-0.39, 0.29) is 11.5 Å². The molecule has 1 rings (SSSR count). The van der Waals surface area contributed by atoms with Gasteiger partial charge in [0.25, 0.3) is 5.91 Å². The van der Waals surface area contributed by atoms with Crippen molar-refractivity contribution in [2.45, 2.75) is 13.0 Å². The highest BCUT2D eigenvalue weighted by Crippen LogP contribution is 2.18. The van der Waals surface area contributed by atoms with Gasteiger partial charge in [-0.2, -0.15) is 0 Å². The Labute approximate surface area is 104 Å². The van der Waals surface area contributed by atoms with Gasteiger partial charge < -0.3 is 16.4 Å². The van der Waals surface area contributed by atoms with Crippen LogP contribution < -0.4 is 16.4 Å². The summed E-state index contributed by atoms with van der Waals surface area (Å²) in [5.41, 5.74) is 6.25. The Morgan fingerprint density at radius 2 is 2.06 bits per heavy atom. The molecule has 0 aromatic heterocycles. The highest BCUT2D eigenvalue weighted by Gasteiger charge is 2.17. The average Bonchev–Trinajstić information content (AvgIpc) is 2.30. The Hall–Kier alpha value is -1.75. The van der Waals surface area contributed by atoms with Crippen LogP contribution in [0.15, 0.2) is 18.2 Å². The first-order chi connectivity index (χ1) is 7.95. The summed E-state index contributed by atoms with van der Waals surface area (Å²) in [7, 11) is 1.50. The minimum Gasteiger partial charge on any atom is -0.399 e. The first kappa shape index (κ1) is 13.3. The van der Waals surface area contributed by atoms with Gasteiger partial charge in [0, 0.05) is 12.7 Å². The number of hydrogen-bond acceptors (Lipinski definition) is 3. The lowest BCUT2D eigenvalue weighted by Gasteiger charge is -2.13. The maximum atomic E-state index is 11.8. The van der Waals surface area contributed by atoms with E-state index in [1.54, 1.807) is 13.0 Å². The number of halogens is 1. The maximum absolute atomic E-state index is 11.8. The van der Waals surface area contributed by atoms with Crippen LogP contribution in [0.1, 0.15) is 17.3 Å². The zero-order chi connectivity index (χ0) is 13.0. The van der Waals surface area contributed by atoms with Gasteiger partial charge in [-0.15, -0.1) is 0 Å². The molecule has 6 heteroatoms. The molecule has 0 spiro atoms. The molecule has 1 unspecified atom stereocenters. The van der Waals surface area contributed by atoms with Crippen LogP contribution in [0.5, 0.6) is 0 Å². The minimum atomic E-state index is -0.634. The van der Waals surface area contributed by atoms with Crippen molar-refractivity contribution < 1.29 is 9.59 Å². The fourth-order valence-corrected chi connectivity index (χ4v) is 1.48. The molecule has 5 nitrogen and oxygen atoms in total. The van der Waals surface area contributed by atoms with Gasteiger partial charge in [-0.05, 0) is 25.1 Å². The smallest absolute Gasteiger partial charge is 0.253 e. The van der Waals surface area contributed by atoms with Crippen molar-refractivity contribution in [3.05, 3.63) is 28.8 Å². The Morgan fingerprint density at radius 3 is 2.65 bits per heavy atom. The summed E-state index contributed by atoms with van der Waals surface area (Å²) in [4.78, 5) is 23.1. The molecular weight excluding hydrogens is 242 g/mol. The molecule has 0 heterocycles. The molecule has 0 bridgehead atoms. The summed E-state index contributed by atoms with van der Waals surface area (Å²) in [6.45, 7) is 1.58. The molecule has 0 aliphatic carbocycles. The van der Waals surface area contributed by atoms with E-state index in [1.807, 2.05) is 0 Å². The first-order valence-corrected chi connectivity index (χ1v) is 5.41. The molecule has 2 amide bonds. The number of rotatable bonds is 3. The summed E-state index contributed by atoms with van der Waals surface area (Å²) in [6, 6.07) is 3.97. The summed E-state index contributed by atoms with van der Waals surface area (Å²) >= 11 is 5.87. The van der Waals surface area contributed by atoms with E-state index in [4.69, 9.17) is 17.3 Å². The molecule has 4 N–H and O–H groups in total. The minimum absolute atomic E-state index is 0.252. The molecule has 0 radical (unpaired) electrons. The largest absolute Gasteiger partial charge is 0.399 e. The van der Waals surface area contributed by atoms with Gasteiger partial charge in [-0.25, -0.2) is 0 Å². The van der Waals surface area contributed by atoms with Crippen molar-refractivity contribution in [1.29, 1.82) is 0 Å². The van der Waals surface area contributed by atoms with Gasteiger partial charge in [0.2, 0.25) is 5.91 Å². The fraction of sp³-hybridized carbons (Fsp3) is 0.273. The van der Waals surface area contributed by atoms with Gasteiger partial charge in [0.05, 0.1) is 10.6 Å². The van der Waals surface area contributed by atoms with Crippen molar-refractivity contribution in [3.8, 4) is 0 Å². The summed E-state index contributed by atoms with van der Waals surface area (Å²) in [6.07, 6.45) is 0. The van der Waals surface area contributed by atoms with Crippen LogP contribution in [0.25, 0.3) is 0 Å². The Balaban J connectivity index is 2.83. The lowest BCUT2D eigenvalue weighted by Crippen LogP contribution is -2.43. The van der Waals surface area contributed by atoms with Crippen LogP contribution in [0.2, 0.25) is 5.02 Å². The molecule has 1 aromatic rings. The molecule has 0 saturated carbocycles. The van der Waals surface area contributed by atoms with Gasteiger partial charge in [0.1, 0.15) is 6.04 Å². The van der Waals surface area contributed by atoms with Crippen molar-refractivity contribution in [2.24, 2.45) is 0 Å². The number of amides is 2. The third-order valence-corrected chi connectivity index (χ3v) is 2.55. The maximum Gasteiger partial charge on any atom is 0.253 e. The van der Waals surface area contributed by atoms with E-state index >= 15 is 0 Å². The fourth-order valence-electron chi connectivity index (χ4n) is 1.27. The zero-order valence-corrected chi connectivity index (χ0v) is 10.3. The van der Waals surface area contributed by atoms with E-state index < -0.39 is 11.9 Å². The second-order valence-electron chi connectivity index (χ2n) is 3.55. The highest BCUT2D eigenvalue weighted by atomic mass is 35.5. The van der Waals surface area contributed by atoms with Crippen LogP contribution >= 0.6 is 11.6 Å². The van der Waals surface area contributed by atoms with Gasteiger partial charge in [-0.3, -0.25) is 9.59 Å². The molecule has 0 fully saturated rings. The SMILES string of the molecule is CNC(=O)C(C)NC(=O)c1cc(N)ccc1Cl. The second kappa shape index (κ2) is 5.54.